The molecular formula is C12H17. The van der Waals surface area contributed by atoms with Crippen molar-refractivity contribution in [3.05, 3.63) is 35.4 Å². The molecule has 0 aliphatic heterocycles. The summed E-state index contributed by atoms with van der Waals surface area (Å²) in [5, 5.41) is 0. The Morgan fingerprint density at radius 1 is 1.33 bits per heavy atom. The van der Waals surface area contributed by atoms with Gasteiger partial charge in [-0.15, -0.1) is 0 Å². The van der Waals surface area contributed by atoms with Gasteiger partial charge in [0.15, 0.2) is 0 Å². The van der Waals surface area contributed by atoms with Gasteiger partial charge in [-0.3, -0.25) is 0 Å². The maximum atomic E-state index is 3.29. The van der Waals surface area contributed by atoms with Crippen LogP contribution >= 0.6 is 0 Å². The summed E-state index contributed by atoms with van der Waals surface area (Å²) < 4.78 is 0. The molecule has 0 fully saturated rings. The predicted octanol–water partition coefficient (Wildman–Crippen LogP) is 3.35. The maximum absolute atomic E-state index is 3.29. The summed E-state index contributed by atoms with van der Waals surface area (Å²) in [4.78, 5) is 0. The van der Waals surface area contributed by atoms with Crippen LogP contribution in [0.2, 0.25) is 0 Å². The Hall–Kier alpha value is -0.780. The lowest BCUT2D eigenvalue weighted by molar-refractivity contribution is 0.583. The highest BCUT2D eigenvalue weighted by Crippen LogP contribution is 2.25. The fourth-order valence-electron chi connectivity index (χ4n) is 1.47. The highest BCUT2D eigenvalue weighted by atomic mass is 14.2. The standard InChI is InChI=1S/C12H17/c1-5-10-8-6-7-9-11(10)12(2,3)4/h6-7,9H,5H2,1-4H3. The predicted molar refractivity (Wildman–Crippen MR) is 53.4 cm³/mol. The summed E-state index contributed by atoms with van der Waals surface area (Å²) in [6.07, 6.45) is 1.08. The third-order valence-electron chi connectivity index (χ3n) is 2.10. The molecule has 1 aromatic carbocycles. The van der Waals surface area contributed by atoms with E-state index in [9.17, 15) is 0 Å². The van der Waals surface area contributed by atoms with Gasteiger partial charge in [-0.2, -0.15) is 0 Å². The number of aryl methyl sites for hydroxylation is 1. The van der Waals surface area contributed by atoms with Crippen molar-refractivity contribution in [1.29, 1.82) is 0 Å². The summed E-state index contributed by atoms with van der Waals surface area (Å²) in [7, 11) is 0. The summed E-state index contributed by atoms with van der Waals surface area (Å²) in [5.74, 6) is 0. The molecule has 0 amide bonds. The van der Waals surface area contributed by atoms with Crippen LogP contribution in [0.15, 0.2) is 18.2 Å². The summed E-state index contributed by atoms with van der Waals surface area (Å²) in [5.41, 5.74) is 3.03. The fraction of sp³-hybridized carbons (Fsp3) is 0.500. The second-order valence-corrected chi connectivity index (χ2v) is 4.17. The minimum Gasteiger partial charge on any atom is -0.0613 e. The highest BCUT2D eigenvalue weighted by molar-refractivity contribution is 5.31. The van der Waals surface area contributed by atoms with E-state index in [1.165, 1.54) is 11.1 Å². The molecule has 0 heterocycles. The van der Waals surface area contributed by atoms with Crippen molar-refractivity contribution < 1.29 is 0 Å². The Labute approximate surface area is 75.6 Å². The molecule has 0 N–H and O–H groups in total. The third kappa shape index (κ3) is 1.88. The molecule has 0 nitrogen and oxygen atoms in total. The van der Waals surface area contributed by atoms with Crippen molar-refractivity contribution in [3.63, 3.8) is 0 Å². The summed E-state index contributed by atoms with van der Waals surface area (Å²) in [6.45, 7) is 8.92. The van der Waals surface area contributed by atoms with Crippen LogP contribution in [0.25, 0.3) is 0 Å². The number of benzene rings is 1. The largest absolute Gasteiger partial charge is 0.0613 e. The molecule has 0 heteroatoms. The van der Waals surface area contributed by atoms with Crippen LogP contribution in [0.5, 0.6) is 0 Å². The minimum atomic E-state index is 0.253. The molecule has 1 aromatic rings. The Morgan fingerprint density at radius 2 is 2.00 bits per heavy atom. The Balaban J connectivity index is 3.14. The molecular weight excluding hydrogens is 144 g/mol. The molecule has 0 atom stereocenters. The van der Waals surface area contributed by atoms with Crippen LogP contribution in [0, 0.1) is 6.07 Å². The molecule has 1 radical (unpaired) electrons. The van der Waals surface area contributed by atoms with Crippen molar-refractivity contribution in [2.24, 2.45) is 0 Å². The monoisotopic (exact) mass is 161 g/mol. The van der Waals surface area contributed by atoms with Crippen LogP contribution in [-0.2, 0) is 11.8 Å². The van der Waals surface area contributed by atoms with Crippen LogP contribution < -0.4 is 0 Å². The highest BCUT2D eigenvalue weighted by Gasteiger charge is 2.15. The van der Waals surface area contributed by atoms with Gasteiger partial charge in [0.1, 0.15) is 0 Å². The van der Waals surface area contributed by atoms with Gasteiger partial charge in [0.2, 0.25) is 0 Å². The van der Waals surface area contributed by atoms with Gasteiger partial charge in [0, 0.05) is 0 Å². The second kappa shape index (κ2) is 3.30. The molecule has 0 aliphatic rings. The average molecular weight is 161 g/mol. The number of hydrogen-bond acceptors (Lipinski definition) is 0. The molecule has 0 bridgehead atoms. The Bertz CT molecular complexity index is 253. The van der Waals surface area contributed by atoms with Crippen molar-refractivity contribution in [2.45, 2.75) is 39.5 Å². The van der Waals surface area contributed by atoms with Crippen LogP contribution in [0.1, 0.15) is 38.8 Å². The first-order valence-corrected chi connectivity index (χ1v) is 4.55. The average Bonchev–Trinajstić information content (AvgIpc) is 2.03. The number of hydrogen-bond donors (Lipinski definition) is 0. The second-order valence-electron chi connectivity index (χ2n) is 4.17. The van der Waals surface area contributed by atoms with Crippen molar-refractivity contribution in [3.8, 4) is 0 Å². The summed E-state index contributed by atoms with van der Waals surface area (Å²) >= 11 is 0. The smallest absolute Gasteiger partial charge is 0.0129 e. The van der Waals surface area contributed by atoms with E-state index in [0.717, 1.165) is 6.42 Å². The molecule has 65 valence electrons. The van der Waals surface area contributed by atoms with Gasteiger partial charge >= 0.3 is 0 Å². The van der Waals surface area contributed by atoms with Crippen LogP contribution in [0.3, 0.4) is 0 Å². The molecule has 0 saturated heterocycles. The molecule has 0 spiro atoms. The van der Waals surface area contributed by atoms with E-state index in [4.69, 9.17) is 0 Å². The van der Waals surface area contributed by atoms with E-state index in [2.05, 4.69) is 45.9 Å². The SMILES string of the molecule is CCc1[c]cccc1C(C)(C)C. The van der Waals surface area contributed by atoms with Crippen molar-refractivity contribution in [2.75, 3.05) is 0 Å². The van der Waals surface area contributed by atoms with Gasteiger partial charge in [0.05, 0.1) is 0 Å². The fourth-order valence-corrected chi connectivity index (χ4v) is 1.47. The first-order chi connectivity index (χ1) is 5.55. The Kier molecular flexibility index (Phi) is 2.56. The van der Waals surface area contributed by atoms with Crippen LogP contribution in [0.4, 0.5) is 0 Å². The van der Waals surface area contributed by atoms with Gasteiger partial charge in [-0.25, -0.2) is 0 Å². The molecule has 0 saturated carbocycles. The van der Waals surface area contributed by atoms with E-state index < -0.39 is 0 Å². The van der Waals surface area contributed by atoms with Gasteiger partial charge in [-0.05, 0) is 29.0 Å². The van der Waals surface area contributed by atoms with Gasteiger partial charge < -0.3 is 0 Å². The lowest BCUT2D eigenvalue weighted by Gasteiger charge is -2.21. The van der Waals surface area contributed by atoms with Crippen molar-refractivity contribution in [1.82, 2.24) is 0 Å². The van der Waals surface area contributed by atoms with E-state index in [1.54, 1.807) is 0 Å². The maximum Gasteiger partial charge on any atom is -0.0129 e. The first kappa shape index (κ1) is 9.31. The lowest BCUT2D eigenvalue weighted by atomic mass is 9.83. The van der Waals surface area contributed by atoms with E-state index in [0.29, 0.717) is 0 Å². The first-order valence-electron chi connectivity index (χ1n) is 4.55. The topological polar surface area (TPSA) is 0 Å². The van der Waals surface area contributed by atoms with Gasteiger partial charge in [-0.1, -0.05) is 45.9 Å². The van der Waals surface area contributed by atoms with Crippen LogP contribution in [-0.4, -0.2) is 0 Å². The van der Waals surface area contributed by atoms with E-state index in [-0.39, 0.29) is 5.41 Å². The molecule has 0 aliphatic carbocycles. The molecule has 0 unspecified atom stereocenters. The van der Waals surface area contributed by atoms with Crippen molar-refractivity contribution >= 4 is 0 Å². The van der Waals surface area contributed by atoms with E-state index >= 15 is 0 Å². The minimum absolute atomic E-state index is 0.253. The molecule has 0 aromatic heterocycles. The zero-order valence-corrected chi connectivity index (χ0v) is 8.44. The number of rotatable bonds is 1. The molecule has 12 heavy (non-hydrogen) atoms. The summed E-state index contributed by atoms with van der Waals surface area (Å²) in [6, 6.07) is 9.56. The third-order valence-corrected chi connectivity index (χ3v) is 2.10. The quantitative estimate of drug-likeness (QED) is 0.592. The van der Waals surface area contributed by atoms with E-state index in [1.807, 2.05) is 6.07 Å². The van der Waals surface area contributed by atoms with Gasteiger partial charge in [0.25, 0.3) is 0 Å². The zero-order chi connectivity index (χ0) is 9.19. The normalized spacial score (nSPS) is 11.7. The molecule has 1 rings (SSSR count). The Morgan fingerprint density at radius 3 is 2.42 bits per heavy atom. The zero-order valence-electron chi connectivity index (χ0n) is 8.44. The lowest BCUT2D eigenvalue weighted by Crippen LogP contribution is -2.13.